The van der Waals surface area contributed by atoms with E-state index in [1.165, 1.54) is 38.5 Å². The van der Waals surface area contributed by atoms with Gasteiger partial charge in [-0.25, -0.2) is 0 Å². The second kappa shape index (κ2) is 8.38. The maximum absolute atomic E-state index is 12.1. The van der Waals surface area contributed by atoms with Gasteiger partial charge in [0.25, 0.3) is 0 Å². The molecule has 0 aromatic carbocycles. The second-order valence-corrected chi connectivity index (χ2v) is 6.20. The number of fused-ring (bicyclic) bond motifs is 1. The lowest BCUT2D eigenvalue weighted by Crippen LogP contribution is -2.19. The summed E-state index contributed by atoms with van der Waals surface area (Å²) in [5, 5.41) is 9.97. The molecular weight excluding hydrogens is 264 g/mol. The lowest BCUT2D eigenvalue weighted by atomic mass is 9.94. The monoisotopic (exact) mass is 292 g/mol. The number of aliphatic hydroxyl groups is 1. The van der Waals surface area contributed by atoms with Crippen LogP contribution >= 0.6 is 0 Å². The first-order chi connectivity index (χ1) is 10.2. The fraction of sp³-hybridized carbons (Fsp3) is 0.722. The summed E-state index contributed by atoms with van der Waals surface area (Å²) in [5.74, 6) is 1.28. The lowest BCUT2D eigenvalue weighted by Gasteiger charge is -2.19. The maximum atomic E-state index is 12.1. The van der Waals surface area contributed by atoms with E-state index in [0.29, 0.717) is 17.7 Å². The quantitative estimate of drug-likeness (QED) is 0.727. The van der Waals surface area contributed by atoms with Crippen LogP contribution in [0.1, 0.15) is 87.9 Å². The summed E-state index contributed by atoms with van der Waals surface area (Å²) in [5.41, 5.74) is 0.741. The zero-order chi connectivity index (χ0) is 15.1. The topological polar surface area (TPSA) is 50.4 Å². The third kappa shape index (κ3) is 4.70. The molecule has 1 aromatic heterocycles. The van der Waals surface area contributed by atoms with Gasteiger partial charge in [0.2, 0.25) is 0 Å². The molecule has 1 aliphatic rings. The molecule has 21 heavy (non-hydrogen) atoms. The van der Waals surface area contributed by atoms with Crippen molar-refractivity contribution in [2.24, 2.45) is 0 Å². The summed E-state index contributed by atoms with van der Waals surface area (Å²) >= 11 is 0. The standard InChI is InChI=1S/C18H28O3/c1-2-3-4-5-6-7-8-10-14-13-17(20)15-11-9-12-16(19)18(15)21-14/h13,16,19H,2-12H2,1H3/t16-/m1/s1. The van der Waals surface area contributed by atoms with Crippen LogP contribution in [0.2, 0.25) is 0 Å². The highest BCUT2D eigenvalue weighted by atomic mass is 16.4. The molecule has 0 saturated carbocycles. The van der Waals surface area contributed by atoms with Gasteiger partial charge in [0.15, 0.2) is 5.43 Å². The zero-order valence-corrected chi connectivity index (χ0v) is 13.2. The van der Waals surface area contributed by atoms with E-state index in [4.69, 9.17) is 4.42 Å². The Morgan fingerprint density at radius 2 is 1.90 bits per heavy atom. The van der Waals surface area contributed by atoms with Crippen LogP contribution in [0.25, 0.3) is 0 Å². The molecule has 118 valence electrons. The molecule has 0 fully saturated rings. The Bertz CT molecular complexity index is 490. The minimum absolute atomic E-state index is 0.0490. The average molecular weight is 292 g/mol. The van der Waals surface area contributed by atoms with Crippen molar-refractivity contribution in [3.8, 4) is 0 Å². The maximum Gasteiger partial charge on any atom is 0.188 e. The van der Waals surface area contributed by atoms with E-state index in [1.807, 2.05) is 0 Å². The fourth-order valence-corrected chi connectivity index (χ4v) is 3.09. The van der Waals surface area contributed by atoms with Crippen molar-refractivity contribution in [1.82, 2.24) is 0 Å². The van der Waals surface area contributed by atoms with Crippen LogP contribution < -0.4 is 5.43 Å². The van der Waals surface area contributed by atoms with Crippen molar-refractivity contribution < 1.29 is 9.52 Å². The van der Waals surface area contributed by atoms with Crippen molar-refractivity contribution in [3.05, 3.63) is 33.4 Å². The predicted octanol–water partition coefficient (Wildman–Crippen LogP) is 4.30. The van der Waals surface area contributed by atoms with Crippen molar-refractivity contribution in [2.45, 2.75) is 83.7 Å². The van der Waals surface area contributed by atoms with Crippen LogP contribution in [0.4, 0.5) is 0 Å². The summed E-state index contributed by atoms with van der Waals surface area (Å²) < 4.78 is 5.79. The Kier molecular flexibility index (Phi) is 6.50. The SMILES string of the molecule is CCCCCCCCCc1cc(=O)c2c(o1)[C@H](O)CCC2. The van der Waals surface area contributed by atoms with Gasteiger partial charge >= 0.3 is 0 Å². The van der Waals surface area contributed by atoms with Gasteiger partial charge in [-0.1, -0.05) is 45.4 Å². The van der Waals surface area contributed by atoms with E-state index in [9.17, 15) is 9.90 Å². The molecular formula is C18H28O3. The first-order valence-electron chi connectivity index (χ1n) is 8.56. The molecule has 0 spiro atoms. The summed E-state index contributed by atoms with van der Waals surface area (Å²) in [6, 6.07) is 1.63. The van der Waals surface area contributed by atoms with E-state index in [0.717, 1.165) is 31.4 Å². The number of rotatable bonds is 8. The Morgan fingerprint density at radius 3 is 2.67 bits per heavy atom. The molecule has 0 aliphatic heterocycles. The second-order valence-electron chi connectivity index (χ2n) is 6.20. The third-order valence-corrected chi connectivity index (χ3v) is 4.36. The molecule has 0 amide bonds. The highest BCUT2D eigenvalue weighted by molar-refractivity contribution is 5.24. The Morgan fingerprint density at radius 1 is 1.19 bits per heavy atom. The smallest absolute Gasteiger partial charge is 0.188 e. The number of unbranched alkanes of at least 4 members (excludes halogenated alkanes) is 6. The normalized spacial score (nSPS) is 17.7. The summed E-state index contributed by atoms with van der Waals surface area (Å²) in [6.45, 7) is 2.23. The first-order valence-corrected chi connectivity index (χ1v) is 8.56. The molecule has 0 saturated heterocycles. The van der Waals surface area contributed by atoms with Crippen molar-refractivity contribution in [1.29, 1.82) is 0 Å². The molecule has 1 N–H and O–H groups in total. The van der Waals surface area contributed by atoms with Crippen LogP contribution in [0.5, 0.6) is 0 Å². The van der Waals surface area contributed by atoms with Crippen molar-refractivity contribution in [3.63, 3.8) is 0 Å². The zero-order valence-electron chi connectivity index (χ0n) is 13.2. The molecule has 3 heteroatoms. The summed E-state index contributed by atoms with van der Waals surface area (Å²) in [6.07, 6.45) is 11.3. The minimum atomic E-state index is -0.588. The van der Waals surface area contributed by atoms with E-state index >= 15 is 0 Å². The Labute approximate surface area is 127 Å². The molecule has 1 heterocycles. The van der Waals surface area contributed by atoms with E-state index in [1.54, 1.807) is 6.07 Å². The molecule has 1 aromatic rings. The van der Waals surface area contributed by atoms with E-state index in [2.05, 4.69) is 6.92 Å². The number of aliphatic hydroxyl groups excluding tert-OH is 1. The largest absolute Gasteiger partial charge is 0.463 e. The molecule has 1 atom stereocenters. The van der Waals surface area contributed by atoms with Gasteiger partial charge in [-0.2, -0.15) is 0 Å². The lowest BCUT2D eigenvalue weighted by molar-refractivity contribution is 0.122. The predicted molar refractivity (Wildman–Crippen MR) is 84.6 cm³/mol. The van der Waals surface area contributed by atoms with Crippen LogP contribution in [0, 0.1) is 0 Å². The van der Waals surface area contributed by atoms with Gasteiger partial charge in [0.05, 0.1) is 0 Å². The van der Waals surface area contributed by atoms with Crippen LogP contribution in [0.3, 0.4) is 0 Å². The van der Waals surface area contributed by atoms with Crippen LogP contribution in [-0.2, 0) is 12.8 Å². The Hall–Kier alpha value is -1.09. The number of hydrogen-bond acceptors (Lipinski definition) is 3. The fourth-order valence-electron chi connectivity index (χ4n) is 3.09. The van der Waals surface area contributed by atoms with Crippen LogP contribution in [0.15, 0.2) is 15.3 Å². The molecule has 3 nitrogen and oxygen atoms in total. The van der Waals surface area contributed by atoms with Gasteiger partial charge in [-0.3, -0.25) is 4.79 Å². The number of hydrogen-bond donors (Lipinski definition) is 1. The van der Waals surface area contributed by atoms with Gasteiger partial charge in [-0.05, 0) is 25.7 Å². The molecule has 1 aliphatic carbocycles. The van der Waals surface area contributed by atoms with Gasteiger partial charge in [0, 0.05) is 18.1 Å². The van der Waals surface area contributed by atoms with E-state index in [-0.39, 0.29) is 5.43 Å². The van der Waals surface area contributed by atoms with Gasteiger partial charge < -0.3 is 9.52 Å². The average Bonchev–Trinajstić information content (AvgIpc) is 2.47. The summed E-state index contributed by atoms with van der Waals surface area (Å²) in [7, 11) is 0. The summed E-state index contributed by atoms with van der Waals surface area (Å²) in [4.78, 5) is 12.1. The van der Waals surface area contributed by atoms with Crippen LogP contribution in [-0.4, -0.2) is 5.11 Å². The third-order valence-electron chi connectivity index (χ3n) is 4.36. The highest BCUT2D eigenvalue weighted by Crippen LogP contribution is 2.28. The molecule has 0 radical (unpaired) electrons. The van der Waals surface area contributed by atoms with Crippen molar-refractivity contribution in [2.75, 3.05) is 0 Å². The Balaban J connectivity index is 1.83. The molecule has 0 unspecified atom stereocenters. The first kappa shape index (κ1) is 16.3. The van der Waals surface area contributed by atoms with Crippen molar-refractivity contribution >= 4 is 0 Å². The minimum Gasteiger partial charge on any atom is -0.463 e. The molecule has 2 rings (SSSR count). The highest BCUT2D eigenvalue weighted by Gasteiger charge is 2.23. The van der Waals surface area contributed by atoms with Gasteiger partial charge in [0.1, 0.15) is 17.6 Å². The van der Waals surface area contributed by atoms with Gasteiger partial charge in [-0.15, -0.1) is 0 Å². The van der Waals surface area contributed by atoms with E-state index < -0.39 is 6.10 Å². The number of aryl methyl sites for hydroxylation is 1. The molecule has 0 bridgehead atoms.